The van der Waals surface area contributed by atoms with E-state index in [-0.39, 0.29) is 10.8 Å². The van der Waals surface area contributed by atoms with Crippen LogP contribution in [-0.2, 0) is 26.1 Å². The molecule has 2 aromatic carbocycles. The number of carbonyl (C=O) groups is 1. The molecule has 0 radical (unpaired) electrons. The van der Waals surface area contributed by atoms with Gasteiger partial charge < -0.3 is 10.1 Å². The highest BCUT2D eigenvalue weighted by molar-refractivity contribution is 8.00. The van der Waals surface area contributed by atoms with Gasteiger partial charge in [0.2, 0.25) is 15.9 Å². The summed E-state index contributed by atoms with van der Waals surface area (Å²) in [6, 6.07) is 12.9. The zero-order valence-corrected chi connectivity index (χ0v) is 19.7. The summed E-state index contributed by atoms with van der Waals surface area (Å²) in [5.41, 5.74) is 1.30. The number of aromatic nitrogens is 3. The fourth-order valence-corrected chi connectivity index (χ4v) is 4.27. The van der Waals surface area contributed by atoms with Gasteiger partial charge in [0.05, 0.1) is 23.3 Å². The van der Waals surface area contributed by atoms with Crippen molar-refractivity contribution >= 4 is 45.0 Å². The highest BCUT2D eigenvalue weighted by Crippen LogP contribution is 2.28. The lowest BCUT2D eigenvalue weighted by Crippen LogP contribution is -2.23. The fraction of sp³-hybridized carbons (Fsp3) is 0.250. The number of benzene rings is 2. The number of anilines is 1. The molecule has 9 nitrogen and oxygen atoms in total. The number of nitrogens with zero attached hydrogens (tertiary/aromatic N) is 3. The summed E-state index contributed by atoms with van der Waals surface area (Å²) in [5.74, 6) is 0.375. The van der Waals surface area contributed by atoms with Gasteiger partial charge in [0.25, 0.3) is 0 Å². The zero-order valence-electron chi connectivity index (χ0n) is 17.4. The highest BCUT2D eigenvalue weighted by Gasteiger charge is 2.21. The molecule has 0 spiro atoms. The molecule has 12 heteroatoms. The van der Waals surface area contributed by atoms with Crippen molar-refractivity contribution in [3.8, 4) is 11.4 Å². The first-order valence-corrected chi connectivity index (χ1v) is 12.3. The van der Waals surface area contributed by atoms with Gasteiger partial charge in [-0.05, 0) is 55.5 Å². The highest BCUT2D eigenvalue weighted by atomic mass is 35.5. The topological polar surface area (TPSA) is 129 Å². The van der Waals surface area contributed by atoms with Crippen LogP contribution in [0.3, 0.4) is 0 Å². The minimum absolute atomic E-state index is 0.0288. The molecule has 0 bridgehead atoms. The van der Waals surface area contributed by atoms with Crippen LogP contribution < -0.4 is 10.5 Å². The Morgan fingerprint density at radius 3 is 2.44 bits per heavy atom. The van der Waals surface area contributed by atoms with Crippen LogP contribution in [0, 0.1) is 0 Å². The van der Waals surface area contributed by atoms with Gasteiger partial charge in [0.1, 0.15) is 0 Å². The van der Waals surface area contributed by atoms with E-state index in [0.717, 1.165) is 5.56 Å². The van der Waals surface area contributed by atoms with Gasteiger partial charge in [-0.3, -0.25) is 9.36 Å². The van der Waals surface area contributed by atoms with E-state index in [0.29, 0.717) is 34.8 Å². The predicted molar refractivity (Wildman–Crippen MR) is 124 cm³/mol. The number of sulfonamides is 1. The van der Waals surface area contributed by atoms with E-state index in [1.165, 1.54) is 36.0 Å². The first-order chi connectivity index (χ1) is 15.2. The van der Waals surface area contributed by atoms with Gasteiger partial charge in [-0.2, -0.15) is 0 Å². The van der Waals surface area contributed by atoms with Gasteiger partial charge in [-0.1, -0.05) is 23.4 Å². The molecule has 32 heavy (non-hydrogen) atoms. The van der Waals surface area contributed by atoms with Gasteiger partial charge >= 0.3 is 0 Å². The lowest BCUT2D eigenvalue weighted by Gasteiger charge is -2.14. The molecule has 3 aromatic rings. The summed E-state index contributed by atoms with van der Waals surface area (Å²) in [6.45, 7) is 2.70. The number of ether oxygens (including phenoxy) is 1. The number of amides is 1. The molecule has 1 amide bonds. The van der Waals surface area contributed by atoms with E-state index in [2.05, 4.69) is 15.5 Å². The van der Waals surface area contributed by atoms with Crippen LogP contribution in [0.4, 0.5) is 5.69 Å². The third kappa shape index (κ3) is 6.08. The second-order valence-corrected chi connectivity index (χ2v) is 10.1. The smallest absolute Gasteiger partial charge is 0.238 e. The molecule has 170 valence electrons. The molecule has 0 aliphatic carbocycles. The summed E-state index contributed by atoms with van der Waals surface area (Å²) in [7, 11) is -2.19. The predicted octanol–water partition coefficient (Wildman–Crippen LogP) is 3.01. The van der Waals surface area contributed by atoms with E-state index in [1.807, 2.05) is 16.7 Å². The average molecular weight is 496 g/mol. The van der Waals surface area contributed by atoms with Crippen molar-refractivity contribution in [2.75, 3.05) is 19.0 Å². The molecule has 1 atom stereocenters. The number of nitrogens with two attached hydrogens (primary N) is 1. The van der Waals surface area contributed by atoms with Crippen molar-refractivity contribution < 1.29 is 17.9 Å². The minimum atomic E-state index is -3.79. The molecule has 1 heterocycles. The van der Waals surface area contributed by atoms with Gasteiger partial charge in [0, 0.05) is 23.4 Å². The second kappa shape index (κ2) is 10.5. The SMILES string of the molecule is COCCn1c(S[C@@H](C)C(=O)Nc2ccc(S(N)(=O)=O)cc2)nnc1-c1ccc(Cl)cc1. The standard InChI is InChI=1S/C20H22ClN5O4S2/c1-13(19(27)23-16-7-9-17(10-8-16)32(22,28)29)31-20-25-24-18(26(20)11-12-30-2)14-3-5-15(21)6-4-14/h3-10,13H,11-12H2,1-2H3,(H,23,27)(H2,22,28,29)/t13-/m0/s1. The van der Waals surface area contributed by atoms with E-state index >= 15 is 0 Å². The molecule has 0 saturated carbocycles. The van der Waals surface area contributed by atoms with Crippen LogP contribution >= 0.6 is 23.4 Å². The second-order valence-electron chi connectivity index (χ2n) is 6.78. The first-order valence-electron chi connectivity index (χ1n) is 9.47. The Bertz CT molecular complexity index is 1180. The molecule has 1 aromatic heterocycles. The first kappa shape index (κ1) is 24.2. The number of carbonyl (C=O) groups excluding carboxylic acids is 1. The van der Waals surface area contributed by atoms with Crippen molar-refractivity contribution in [2.45, 2.75) is 28.8 Å². The Hall–Kier alpha value is -2.44. The Balaban J connectivity index is 1.75. The van der Waals surface area contributed by atoms with E-state index in [9.17, 15) is 13.2 Å². The monoisotopic (exact) mass is 495 g/mol. The lowest BCUT2D eigenvalue weighted by molar-refractivity contribution is -0.115. The summed E-state index contributed by atoms with van der Waals surface area (Å²) in [5, 5.41) is 17.1. The number of nitrogens with one attached hydrogen (secondary N) is 1. The number of methoxy groups -OCH3 is 1. The van der Waals surface area contributed by atoms with Gasteiger partial charge in [-0.15, -0.1) is 10.2 Å². The maximum atomic E-state index is 12.7. The Labute approximate surface area is 195 Å². The quantitative estimate of drug-likeness (QED) is 0.436. The van der Waals surface area contributed by atoms with Crippen molar-refractivity contribution in [3.05, 3.63) is 53.6 Å². The fourth-order valence-electron chi connectivity index (χ4n) is 2.76. The third-order valence-corrected chi connectivity index (χ3v) is 6.70. The van der Waals surface area contributed by atoms with Crippen molar-refractivity contribution in [2.24, 2.45) is 5.14 Å². The third-order valence-electron chi connectivity index (χ3n) is 4.44. The molecule has 0 aliphatic rings. The summed E-state index contributed by atoms with van der Waals surface area (Å²) >= 11 is 7.24. The van der Waals surface area contributed by atoms with Crippen LogP contribution in [0.5, 0.6) is 0 Å². The molecular weight excluding hydrogens is 474 g/mol. The Morgan fingerprint density at radius 2 is 1.84 bits per heavy atom. The Morgan fingerprint density at radius 1 is 1.19 bits per heavy atom. The molecule has 0 unspecified atom stereocenters. The number of primary sulfonamides is 1. The van der Waals surface area contributed by atoms with E-state index in [1.54, 1.807) is 26.2 Å². The molecular formula is C20H22ClN5O4S2. The molecule has 3 rings (SSSR count). The largest absolute Gasteiger partial charge is 0.383 e. The zero-order chi connectivity index (χ0) is 23.3. The summed E-state index contributed by atoms with van der Waals surface area (Å²) in [4.78, 5) is 12.6. The minimum Gasteiger partial charge on any atom is -0.383 e. The maximum absolute atomic E-state index is 12.7. The van der Waals surface area contributed by atoms with Crippen LogP contribution in [0.25, 0.3) is 11.4 Å². The summed E-state index contributed by atoms with van der Waals surface area (Å²) in [6.07, 6.45) is 0. The molecule has 0 fully saturated rings. The molecule has 0 aliphatic heterocycles. The number of rotatable bonds is 9. The number of thioether (sulfide) groups is 1. The molecule has 0 saturated heterocycles. The van der Waals surface area contributed by atoms with Crippen LogP contribution in [-0.4, -0.2) is 48.1 Å². The van der Waals surface area contributed by atoms with Gasteiger partial charge in [0.15, 0.2) is 11.0 Å². The lowest BCUT2D eigenvalue weighted by atomic mass is 10.2. The maximum Gasteiger partial charge on any atom is 0.238 e. The normalized spacial score (nSPS) is 12.5. The van der Waals surface area contributed by atoms with Crippen molar-refractivity contribution in [1.82, 2.24) is 14.8 Å². The van der Waals surface area contributed by atoms with Gasteiger partial charge in [-0.25, -0.2) is 13.6 Å². The van der Waals surface area contributed by atoms with E-state index in [4.69, 9.17) is 21.5 Å². The molecule has 3 N–H and O–H groups in total. The summed E-state index contributed by atoms with van der Waals surface area (Å²) < 4.78 is 29.8. The average Bonchev–Trinajstić information content (AvgIpc) is 3.14. The Kier molecular flexibility index (Phi) is 7.91. The van der Waals surface area contributed by atoms with Crippen LogP contribution in [0.2, 0.25) is 5.02 Å². The van der Waals surface area contributed by atoms with Crippen molar-refractivity contribution in [3.63, 3.8) is 0 Å². The number of hydrogen-bond acceptors (Lipinski definition) is 7. The number of hydrogen-bond donors (Lipinski definition) is 2. The van der Waals surface area contributed by atoms with Crippen LogP contribution in [0.15, 0.2) is 58.6 Å². The van der Waals surface area contributed by atoms with Crippen molar-refractivity contribution in [1.29, 1.82) is 0 Å². The van der Waals surface area contributed by atoms with E-state index < -0.39 is 15.3 Å². The van der Waals surface area contributed by atoms with Crippen LogP contribution in [0.1, 0.15) is 6.92 Å². The number of halogens is 1.